The van der Waals surface area contributed by atoms with Crippen molar-refractivity contribution in [2.24, 2.45) is 0 Å². The summed E-state index contributed by atoms with van der Waals surface area (Å²) in [6.07, 6.45) is 1.59. The minimum absolute atomic E-state index is 0.198. The fourth-order valence-electron chi connectivity index (χ4n) is 2.12. The lowest BCUT2D eigenvalue weighted by Crippen LogP contribution is -2.28. The molecule has 0 aromatic heterocycles. The second-order valence-corrected chi connectivity index (χ2v) is 3.76. The zero-order valence-electron chi connectivity index (χ0n) is 8.27. The molecule has 76 valence electrons. The fourth-order valence-corrected chi connectivity index (χ4v) is 2.12. The van der Waals surface area contributed by atoms with Gasteiger partial charge in [-0.15, -0.1) is 0 Å². The van der Waals surface area contributed by atoms with Crippen LogP contribution >= 0.6 is 0 Å². The van der Waals surface area contributed by atoms with Crippen LogP contribution in [0.1, 0.15) is 12.0 Å². The number of phenolic OH excluding ortho intramolecular Hbond substituents is 1. The lowest BCUT2D eigenvalue weighted by atomic mass is 10.1. The molecule has 14 heavy (non-hydrogen) atoms. The van der Waals surface area contributed by atoms with E-state index in [1.165, 1.54) is 0 Å². The summed E-state index contributed by atoms with van der Waals surface area (Å²) < 4.78 is 0. The molecule has 0 spiro atoms. The molecule has 1 unspecified atom stereocenters. The van der Waals surface area contributed by atoms with Crippen molar-refractivity contribution in [2.45, 2.75) is 18.9 Å². The van der Waals surface area contributed by atoms with Gasteiger partial charge in [-0.25, -0.2) is 0 Å². The molecule has 2 N–H and O–H groups in total. The summed E-state index contributed by atoms with van der Waals surface area (Å²) in [5, 5.41) is 18.5. The number of nitrogens with zero attached hydrogens (tertiary/aromatic N) is 1. The van der Waals surface area contributed by atoms with Crippen LogP contribution in [0.4, 0.5) is 5.69 Å². The molecule has 0 aliphatic carbocycles. The van der Waals surface area contributed by atoms with Gasteiger partial charge in [0.25, 0.3) is 0 Å². The molecular weight excluding hydrogens is 178 g/mol. The summed E-state index contributed by atoms with van der Waals surface area (Å²) >= 11 is 0. The zero-order valence-corrected chi connectivity index (χ0v) is 8.27. The van der Waals surface area contributed by atoms with Gasteiger partial charge in [0.05, 0.1) is 0 Å². The van der Waals surface area contributed by atoms with Crippen molar-refractivity contribution in [1.29, 1.82) is 0 Å². The average molecular weight is 193 g/mol. The van der Waals surface area contributed by atoms with Gasteiger partial charge < -0.3 is 15.1 Å². The summed E-state index contributed by atoms with van der Waals surface area (Å²) in [4.78, 5) is 2.13. The van der Waals surface area contributed by atoms with E-state index in [1.54, 1.807) is 6.07 Å². The molecule has 3 nitrogen and oxygen atoms in total. The monoisotopic (exact) mass is 193 g/mol. The van der Waals surface area contributed by atoms with Crippen molar-refractivity contribution >= 4 is 5.69 Å². The number of hydrogen-bond acceptors (Lipinski definition) is 3. The molecule has 0 amide bonds. The Morgan fingerprint density at radius 2 is 2.29 bits per heavy atom. The minimum Gasteiger partial charge on any atom is -0.508 e. The van der Waals surface area contributed by atoms with Crippen LogP contribution in [0.25, 0.3) is 0 Å². The highest BCUT2D eigenvalue weighted by Gasteiger charge is 2.27. The number of anilines is 1. The molecule has 1 aliphatic heterocycles. The molecule has 2 rings (SSSR count). The number of aromatic hydroxyl groups is 1. The molecule has 0 saturated carbocycles. The zero-order chi connectivity index (χ0) is 10.1. The number of likely N-dealkylation sites (N-methyl/N-ethyl adjacent to an activating group) is 1. The highest BCUT2D eigenvalue weighted by Crippen LogP contribution is 2.37. The maximum Gasteiger partial charge on any atom is 0.120 e. The molecule has 0 bridgehead atoms. The topological polar surface area (TPSA) is 43.7 Å². The van der Waals surface area contributed by atoms with E-state index in [0.717, 1.165) is 24.1 Å². The number of benzene rings is 1. The van der Waals surface area contributed by atoms with Crippen molar-refractivity contribution in [3.05, 3.63) is 23.8 Å². The summed E-state index contributed by atoms with van der Waals surface area (Å²) in [6, 6.07) is 5.90. The number of fused-ring (bicyclic) bond motifs is 1. The van der Waals surface area contributed by atoms with Gasteiger partial charge in [0, 0.05) is 30.9 Å². The van der Waals surface area contributed by atoms with Gasteiger partial charge in [-0.1, -0.05) is 6.07 Å². The van der Waals surface area contributed by atoms with Gasteiger partial charge >= 0.3 is 0 Å². The van der Waals surface area contributed by atoms with E-state index < -0.39 is 0 Å². The lowest BCUT2D eigenvalue weighted by Gasteiger charge is -2.21. The quantitative estimate of drug-likeness (QED) is 0.740. The Labute approximate surface area is 83.6 Å². The smallest absolute Gasteiger partial charge is 0.120 e. The molecule has 1 heterocycles. The SMILES string of the molecule is CN1c2cccc(O)c2CC1CCO. The maximum atomic E-state index is 9.65. The molecule has 1 aliphatic rings. The second kappa shape index (κ2) is 3.50. The van der Waals surface area contributed by atoms with E-state index in [-0.39, 0.29) is 6.61 Å². The van der Waals surface area contributed by atoms with E-state index >= 15 is 0 Å². The second-order valence-electron chi connectivity index (χ2n) is 3.76. The van der Waals surface area contributed by atoms with Crippen LogP contribution in [0.2, 0.25) is 0 Å². The third kappa shape index (κ3) is 1.34. The Kier molecular flexibility index (Phi) is 2.33. The molecule has 0 fully saturated rings. The van der Waals surface area contributed by atoms with Gasteiger partial charge in [0.1, 0.15) is 5.75 Å². The van der Waals surface area contributed by atoms with Crippen molar-refractivity contribution in [2.75, 3.05) is 18.6 Å². The lowest BCUT2D eigenvalue weighted by molar-refractivity contribution is 0.275. The van der Waals surface area contributed by atoms with Gasteiger partial charge in [-0.3, -0.25) is 0 Å². The molecule has 1 aromatic rings. The van der Waals surface area contributed by atoms with E-state index in [9.17, 15) is 5.11 Å². The van der Waals surface area contributed by atoms with Crippen LogP contribution in [0, 0.1) is 0 Å². The average Bonchev–Trinajstić information content (AvgIpc) is 2.48. The number of rotatable bonds is 2. The van der Waals surface area contributed by atoms with E-state index in [2.05, 4.69) is 4.90 Å². The van der Waals surface area contributed by atoms with Crippen LogP contribution in [0.5, 0.6) is 5.75 Å². The minimum atomic E-state index is 0.198. The number of aliphatic hydroxyl groups excluding tert-OH is 1. The van der Waals surface area contributed by atoms with Crippen LogP contribution in [0.3, 0.4) is 0 Å². The van der Waals surface area contributed by atoms with Crippen molar-refractivity contribution in [3.8, 4) is 5.75 Å². The normalized spacial score (nSPS) is 19.9. The molecular formula is C11H15NO2. The Bertz CT molecular complexity index is 338. The summed E-state index contributed by atoms with van der Waals surface area (Å²) in [5.41, 5.74) is 2.09. The Hall–Kier alpha value is -1.22. The predicted molar refractivity (Wildman–Crippen MR) is 55.7 cm³/mol. The highest BCUT2D eigenvalue weighted by atomic mass is 16.3. The van der Waals surface area contributed by atoms with Crippen LogP contribution in [-0.2, 0) is 6.42 Å². The van der Waals surface area contributed by atoms with Gasteiger partial charge in [0.15, 0.2) is 0 Å². The Balaban J connectivity index is 2.30. The van der Waals surface area contributed by atoms with E-state index in [1.807, 2.05) is 19.2 Å². The summed E-state index contributed by atoms with van der Waals surface area (Å²) in [5.74, 6) is 0.370. The molecule has 0 radical (unpaired) electrons. The first-order valence-electron chi connectivity index (χ1n) is 4.88. The maximum absolute atomic E-state index is 9.65. The first-order valence-corrected chi connectivity index (χ1v) is 4.88. The highest BCUT2D eigenvalue weighted by molar-refractivity contribution is 5.63. The van der Waals surface area contributed by atoms with Crippen molar-refractivity contribution in [3.63, 3.8) is 0 Å². The Morgan fingerprint density at radius 1 is 1.50 bits per heavy atom. The van der Waals surface area contributed by atoms with E-state index in [4.69, 9.17) is 5.11 Å². The van der Waals surface area contributed by atoms with Crippen molar-refractivity contribution in [1.82, 2.24) is 0 Å². The molecule has 1 atom stereocenters. The van der Waals surface area contributed by atoms with E-state index in [0.29, 0.717) is 11.8 Å². The molecule has 3 heteroatoms. The third-order valence-electron chi connectivity index (χ3n) is 2.96. The summed E-state index contributed by atoms with van der Waals surface area (Å²) in [7, 11) is 2.01. The first-order chi connectivity index (χ1) is 6.74. The standard InChI is InChI=1S/C11H15NO2/c1-12-8(5-6-13)7-9-10(12)3-2-4-11(9)14/h2-4,8,13-14H,5-7H2,1H3. The summed E-state index contributed by atoms with van der Waals surface area (Å²) in [6.45, 7) is 0.198. The van der Waals surface area contributed by atoms with Gasteiger partial charge in [-0.2, -0.15) is 0 Å². The number of hydrogen-bond donors (Lipinski definition) is 2. The number of aliphatic hydroxyl groups is 1. The number of phenols is 1. The van der Waals surface area contributed by atoms with Gasteiger partial charge in [0.2, 0.25) is 0 Å². The van der Waals surface area contributed by atoms with Crippen molar-refractivity contribution < 1.29 is 10.2 Å². The first kappa shape index (κ1) is 9.34. The van der Waals surface area contributed by atoms with Crippen LogP contribution in [0.15, 0.2) is 18.2 Å². The molecule has 1 aromatic carbocycles. The Morgan fingerprint density at radius 3 is 2.93 bits per heavy atom. The predicted octanol–water partition coefficient (Wildman–Crippen LogP) is 1.14. The molecule has 0 saturated heterocycles. The fraction of sp³-hybridized carbons (Fsp3) is 0.455. The van der Waals surface area contributed by atoms with Crippen LogP contribution < -0.4 is 4.90 Å². The van der Waals surface area contributed by atoms with Gasteiger partial charge in [-0.05, 0) is 25.0 Å². The van der Waals surface area contributed by atoms with Crippen LogP contribution in [-0.4, -0.2) is 29.9 Å². The third-order valence-corrected chi connectivity index (χ3v) is 2.96. The largest absolute Gasteiger partial charge is 0.508 e.